The number of rotatable bonds is 12. The molecule has 0 heterocycles. The second-order valence-electron chi connectivity index (χ2n) is 12.3. The van der Waals surface area contributed by atoms with Crippen LogP contribution in [0.2, 0.25) is 0 Å². The Morgan fingerprint density at radius 1 is 1.03 bits per heavy atom. The Morgan fingerprint density at radius 2 is 1.70 bits per heavy atom. The molecular formula is C30H52. The summed E-state index contributed by atoms with van der Waals surface area (Å²) in [6.45, 7) is 23.7. The predicted molar refractivity (Wildman–Crippen MR) is 133 cm³/mol. The Morgan fingerprint density at radius 3 is 2.30 bits per heavy atom. The average molecular weight is 413 g/mol. The highest BCUT2D eigenvalue weighted by atomic mass is 14.7. The average Bonchev–Trinajstić information content (AvgIpc) is 3.61. The largest absolute Gasteiger partial charge is 0.103 e. The standard InChI is InChI=1S/C30H52/c1-10-13-20(4)21(5)14-12-15-22(6)28-18-30(25(28)9)17-26(30)16-27-24(8)29(27)23(7)19(3)11-2/h11,16,19-25,27-29H,2,10,12-15,17-18H2,1,3-9H3. The first-order valence-corrected chi connectivity index (χ1v) is 13.5. The van der Waals surface area contributed by atoms with E-state index in [1.807, 2.05) is 5.57 Å². The van der Waals surface area contributed by atoms with Gasteiger partial charge in [-0.05, 0) is 77.4 Å². The molecule has 3 fully saturated rings. The maximum Gasteiger partial charge on any atom is -0.00192 e. The summed E-state index contributed by atoms with van der Waals surface area (Å²) in [5.74, 6) is 8.69. The normalized spacial score (nSPS) is 41.1. The molecule has 0 bridgehead atoms. The summed E-state index contributed by atoms with van der Waals surface area (Å²) in [6, 6.07) is 0. The van der Waals surface area contributed by atoms with Gasteiger partial charge in [0.15, 0.2) is 0 Å². The fourth-order valence-electron chi connectivity index (χ4n) is 7.32. The van der Waals surface area contributed by atoms with Crippen LogP contribution >= 0.6 is 0 Å². The minimum atomic E-state index is 0.641. The lowest BCUT2D eigenvalue weighted by atomic mass is 9.57. The van der Waals surface area contributed by atoms with Crippen molar-refractivity contribution in [1.82, 2.24) is 0 Å². The van der Waals surface area contributed by atoms with Gasteiger partial charge in [-0.1, -0.05) is 105 Å². The number of allylic oxidation sites excluding steroid dienone is 3. The molecule has 0 aliphatic heterocycles. The maximum atomic E-state index is 4.03. The van der Waals surface area contributed by atoms with Crippen LogP contribution in [0.15, 0.2) is 24.3 Å². The quantitative estimate of drug-likeness (QED) is 0.280. The van der Waals surface area contributed by atoms with Crippen molar-refractivity contribution in [2.24, 2.45) is 64.6 Å². The highest BCUT2D eigenvalue weighted by molar-refractivity contribution is 5.40. The van der Waals surface area contributed by atoms with E-state index in [0.717, 1.165) is 53.3 Å². The van der Waals surface area contributed by atoms with Gasteiger partial charge < -0.3 is 0 Å². The zero-order chi connectivity index (χ0) is 22.2. The van der Waals surface area contributed by atoms with E-state index in [0.29, 0.717) is 11.3 Å². The molecular weight excluding hydrogens is 360 g/mol. The summed E-state index contributed by atoms with van der Waals surface area (Å²) in [4.78, 5) is 0. The van der Waals surface area contributed by atoms with Gasteiger partial charge in [0.05, 0.1) is 0 Å². The van der Waals surface area contributed by atoms with Gasteiger partial charge in [0.1, 0.15) is 0 Å². The molecule has 11 atom stereocenters. The molecule has 0 saturated heterocycles. The van der Waals surface area contributed by atoms with Crippen LogP contribution in [-0.4, -0.2) is 0 Å². The summed E-state index contributed by atoms with van der Waals surface area (Å²) >= 11 is 0. The van der Waals surface area contributed by atoms with Gasteiger partial charge >= 0.3 is 0 Å². The Kier molecular flexibility index (Phi) is 7.67. The fourth-order valence-corrected chi connectivity index (χ4v) is 7.32. The first-order valence-electron chi connectivity index (χ1n) is 13.5. The first-order chi connectivity index (χ1) is 14.2. The van der Waals surface area contributed by atoms with Gasteiger partial charge in [0.2, 0.25) is 0 Å². The first kappa shape index (κ1) is 24.1. The zero-order valence-corrected chi connectivity index (χ0v) is 21.6. The third-order valence-electron chi connectivity index (χ3n) is 10.6. The van der Waals surface area contributed by atoms with Crippen molar-refractivity contribution in [3.63, 3.8) is 0 Å². The molecule has 172 valence electrons. The molecule has 0 heteroatoms. The van der Waals surface area contributed by atoms with E-state index in [2.05, 4.69) is 74.1 Å². The molecule has 0 amide bonds. The van der Waals surface area contributed by atoms with Crippen LogP contribution in [0.3, 0.4) is 0 Å². The second-order valence-corrected chi connectivity index (χ2v) is 12.3. The molecule has 30 heavy (non-hydrogen) atoms. The van der Waals surface area contributed by atoms with Crippen LogP contribution in [0.4, 0.5) is 0 Å². The second kappa shape index (κ2) is 9.54. The van der Waals surface area contributed by atoms with E-state index in [-0.39, 0.29) is 0 Å². The third kappa shape index (κ3) is 4.63. The van der Waals surface area contributed by atoms with Crippen molar-refractivity contribution in [3.8, 4) is 0 Å². The molecule has 0 nitrogen and oxygen atoms in total. The molecule has 0 aromatic heterocycles. The Hall–Kier alpha value is -0.520. The van der Waals surface area contributed by atoms with Crippen molar-refractivity contribution < 1.29 is 0 Å². The fraction of sp³-hybridized carbons (Fsp3) is 0.867. The van der Waals surface area contributed by atoms with Crippen molar-refractivity contribution in [3.05, 3.63) is 24.3 Å². The summed E-state index contributed by atoms with van der Waals surface area (Å²) < 4.78 is 0. The van der Waals surface area contributed by atoms with Crippen molar-refractivity contribution in [2.75, 3.05) is 0 Å². The van der Waals surface area contributed by atoms with Gasteiger partial charge in [-0.25, -0.2) is 0 Å². The van der Waals surface area contributed by atoms with E-state index in [9.17, 15) is 0 Å². The minimum Gasteiger partial charge on any atom is -0.103 e. The van der Waals surface area contributed by atoms with E-state index >= 15 is 0 Å². The summed E-state index contributed by atoms with van der Waals surface area (Å²) in [7, 11) is 0. The highest BCUT2D eigenvalue weighted by Crippen LogP contribution is 2.73. The van der Waals surface area contributed by atoms with E-state index in [1.54, 1.807) is 0 Å². The van der Waals surface area contributed by atoms with Crippen LogP contribution in [0.25, 0.3) is 0 Å². The Bertz CT molecular complexity index is 614. The van der Waals surface area contributed by atoms with Gasteiger partial charge in [-0.3, -0.25) is 0 Å². The van der Waals surface area contributed by atoms with E-state index in [4.69, 9.17) is 0 Å². The molecule has 3 saturated carbocycles. The van der Waals surface area contributed by atoms with Gasteiger partial charge in [0, 0.05) is 0 Å². The smallest absolute Gasteiger partial charge is 0.00192 e. The Balaban J connectivity index is 1.43. The van der Waals surface area contributed by atoms with Gasteiger partial charge in [0.25, 0.3) is 0 Å². The van der Waals surface area contributed by atoms with Gasteiger partial charge in [-0.15, -0.1) is 6.58 Å². The number of hydrogen-bond acceptors (Lipinski definition) is 0. The third-order valence-corrected chi connectivity index (χ3v) is 10.6. The van der Waals surface area contributed by atoms with Crippen LogP contribution in [-0.2, 0) is 0 Å². The maximum absolute atomic E-state index is 4.03. The van der Waals surface area contributed by atoms with Crippen LogP contribution in [0, 0.1) is 64.6 Å². The molecule has 3 aliphatic rings. The lowest BCUT2D eigenvalue weighted by molar-refractivity contribution is 0.0274. The summed E-state index contributed by atoms with van der Waals surface area (Å²) in [5, 5.41) is 0. The summed E-state index contributed by atoms with van der Waals surface area (Å²) in [6.07, 6.45) is 14.9. The Labute approximate surface area is 189 Å². The molecule has 0 radical (unpaired) electrons. The van der Waals surface area contributed by atoms with Gasteiger partial charge in [-0.2, -0.15) is 0 Å². The zero-order valence-electron chi connectivity index (χ0n) is 21.6. The molecule has 0 aromatic rings. The van der Waals surface area contributed by atoms with E-state index in [1.165, 1.54) is 44.9 Å². The molecule has 1 spiro atoms. The van der Waals surface area contributed by atoms with Crippen molar-refractivity contribution in [1.29, 1.82) is 0 Å². The van der Waals surface area contributed by atoms with Crippen molar-refractivity contribution >= 4 is 0 Å². The predicted octanol–water partition coefficient (Wildman–Crippen LogP) is 9.18. The molecule has 0 N–H and O–H groups in total. The van der Waals surface area contributed by atoms with Crippen LogP contribution < -0.4 is 0 Å². The summed E-state index contributed by atoms with van der Waals surface area (Å²) in [5.41, 5.74) is 2.49. The number of hydrogen-bond donors (Lipinski definition) is 0. The lowest BCUT2D eigenvalue weighted by Crippen LogP contribution is -2.40. The molecule has 11 unspecified atom stereocenters. The lowest BCUT2D eigenvalue weighted by Gasteiger charge is -2.47. The minimum absolute atomic E-state index is 0.641. The van der Waals surface area contributed by atoms with Crippen LogP contribution in [0.5, 0.6) is 0 Å². The molecule has 3 rings (SSSR count). The monoisotopic (exact) mass is 412 g/mol. The topological polar surface area (TPSA) is 0 Å². The van der Waals surface area contributed by atoms with E-state index < -0.39 is 0 Å². The highest BCUT2D eigenvalue weighted by Gasteiger charge is 2.64. The molecule has 3 aliphatic carbocycles. The van der Waals surface area contributed by atoms with Crippen LogP contribution in [0.1, 0.15) is 100 Å². The molecule has 0 aromatic carbocycles. The SMILES string of the molecule is C=CC(C)C(C)C1C(C)C1C=C1CC12CC(C(C)CCCC(C)C(C)CCC)C2C. The van der Waals surface area contributed by atoms with Crippen molar-refractivity contribution in [2.45, 2.75) is 100 Å².